The van der Waals surface area contributed by atoms with Crippen LogP contribution in [0.5, 0.6) is 0 Å². The molecule has 3 aliphatic rings. The van der Waals surface area contributed by atoms with Crippen LogP contribution >= 0.6 is 0 Å². The number of fused-ring (bicyclic) bond motifs is 3. The minimum atomic E-state index is 0.452. The van der Waals surface area contributed by atoms with Crippen LogP contribution in [0, 0.1) is 11.3 Å². The lowest BCUT2D eigenvalue weighted by Gasteiger charge is -2.59. The van der Waals surface area contributed by atoms with Crippen LogP contribution in [0.1, 0.15) is 46.5 Å². The molecule has 1 heteroatoms. The summed E-state index contributed by atoms with van der Waals surface area (Å²) in [7, 11) is 2.33. The van der Waals surface area contributed by atoms with Gasteiger partial charge in [0.05, 0.1) is 0 Å². The highest BCUT2D eigenvalue weighted by atomic mass is 15.2. The Labute approximate surface area is 82.5 Å². The molecule has 76 valence electrons. The van der Waals surface area contributed by atoms with Crippen molar-refractivity contribution in [1.29, 1.82) is 0 Å². The average molecular weight is 181 g/mol. The third-order valence-corrected chi connectivity index (χ3v) is 4.59. The van der Waals surface area contributed by atoms with E-state index in [-0.39, 0.29) is 0 Å². The summed E-state index contributed by atoms with van der Waals surface area (Å²) in [6.07, 6.45) is 5.80. The van der Waals surface area contributed by atoms with Crippen molar-refractivity contribution in [2.45, 2.75) is 52.0 Å². The van der Waals surface area contributed by atoms with E-state index in [9.17, 15) is 0 Å². The number of rotatable bonds is 0. The zero-order valence-electron chi connectivity index (χ0n) is 9.56. The molecule has 0 spiro atoms. The Balaban J connectivity index is 2.28. The van der Waals surface area contributed by atoms with Gasteiger partial charge in [-0.15, -0.1) is 0 Å². The van der Waals surface area contributed by atoms with Crippen molar-refractivity contribution in [2.24, 2.45) is 11.3 Å². The van der Waals surface area contributed by atoms with Crippen LogP contribution in [0.25, 0.3) is 0 Å². The van der Waals surface area contributed by atoms with Crippen LogP contribution < -0.4 is 0 Å². The van der Waals surface area contributed by atoms with Crippen molar-refractivity contribution in [3.63, 3.8) is 0 Å². The lowest BCUT2D eigenvalue weighted by atomic mass is 9.59. The summed E-state index contributed by atoms with van der Waals surface area (Å²) in [6.45, 7) is 8.58. The van der Waals surface area contributed by atoms with E-state index in [0.717, 1.165) is 5.92 Å². The lowest BCUT2D eigenvalue weighted by molar-refractivity contribution is -0.0842. The van der Waals surface area contributed by atoms with Crippen molar-refractivity contribution in [3.05, 3.63) is 0 Å². The molecule has 0 amide bonds. The Hall–Kier alpha value is -0.0400. The highest BCUT2D eigenvalue weighted by Crippen LogP contribution is 2.51. The third-order valence-electron chi connectivity index (χ3n) is 4.59. The van der Waals surface area contributed by atoms with Gasteiger partial charge in [-0.1, -0.05) is 20.8 Å². The van der Waals surface area contributed by atoms with E-state index < -0.39 is 0 Å². The topological polar surface area (TPSA) is 3.24 Å². The van der Waals surface area contributed by atoms with Gasteiger partial charge in [0.25, 0.3) is 0 Å². The van der Waals surface area contributed by atoms with E-state index in [4.69, 9.17) is 0 Å². The number of piperidine rings is 2. The van der Waals surface area contributed by atoms with Gasteiger partial charge in [0, 0.05) is 12.1 Å². The normalized spacial score (nSPS) is 41.1. The minimum absolute atomic E-state index is 0.452. The summed E-state index contributed by atoms with van der Waals surface area (Å²) in [5.74, 6) is 1.01. The highest BCUT2D eigenvalue weighted by Gasteiger charge is 2.50. The van der Waals surface area contributed by atoms with E-state index in [0.29, 0.717) is 11.0 Å². The molecule has 3 fully saturated rings. The fourth-order valence-electron chi connectivity index (χ4n) is 3.60. The molecule has 0 N–H and O–H groups in total. The second-order valence-electron chi connectivity index (χ2n) is 6.11. The van der Waals surface area contributed by atoms with Crippen LogP contribution in [0.2, 0.25) is 0 Å². The summed E-state index contributed by atoms with van der Waals surface area (Å²) >= 11 is 0. The zero-order chi connectivity index (χ0) is 9.69. The lowest BCUT2D eigenvalue weighted by Crippen LogP contribution is -2.62. The standard InChI is InChI=1S/C12H23N/c1-11(2,3)12-7-5-10(6-8-12)9-13(12)4/h10H,5-9H2,1-4H3. The van der Waals surface area contributed by atoms with Gasteiger partial charge in [-0.2, -0.15) is 0 Å². The second kappa shape index (κ2) is 2.73. The summed E-state index contributed by atoms with van der Waals surface area (Å²) in [6, 6.07) is 0. The molecular weight excluding hydrogens is 158 g/mol. The molecule has 13 heavy (non-hydrogen) atoms. The van der Waals surface area contributed by atoms with E-state index >= 15 is 0 Å². The van der Waals surface area contributed by atoms with E-state index in [1.165, 1.54) is 32.2 Å². The van der Waals surface area contributed by atoms with E-state index in [2.05, 4.69) is 32.7 Å². The zero-order valence-corrected chi connectivity index (χ0v) is 9.56. The molecule has 0 aromatic rings. The molecule has 0 atom stereocenters. The van der Waals surface area contributed by atoms with Crippen LogP contribution in [0.3, 0.4) is 0 Å². The largest absolute Gasteiger partial charge is 0.300 e. The van der Waals surface area contributed by atoms with Crippen LogP contribution in [-0.4, -0.2) is 24.0 Å². The van der Waals surface area contributed by atoms with Crippen molar-refractivity contribution in [2.75, 3.05) is 13.6 Å². The summed E-state index contributed by atoms with van der Waals surface area (Å²) < 4.78 is 0. The SMILES string of the molecule is CN1CC2CCC1(C(C)(C)C)CC2. The maximum Gasteiger partial charge on any atom is 0.0255 e. The van der Waals surface area contributed by atoms with Crippen LogP contribution in [-0.2, 0) is 0 Å². The maximum atomic E-state index is 2.64. The first-order valence-electron chi connectivity index (χ1n) is 5.67. The first kappa shape index (κ1) is 9.51. The molecule has 1 saturated carbocycles. The van der Waals surface area contributed by atoms with Crippen molar-refractivity contribution >= 4 is 0 Å². The third kappa shape index (κ3) is 1.24. The van der Waals surface area contributed by atoms with Crippen LogP contribution in [0.15, 0.2) is 0 Å². The number of nitrogens with zero attached hydrogens (tertiary/aromatic N) is 1. The predicted octanol–water partition coefficient (Wildman–Crippen LogP) is 2.91. The average Bonchev–Trinajstić information content (AvgIpc) is 2.03. The van der Waals surface area contributed by atoms with Crippen molar-refractivity contribution < 1.29 is 0 Å². The van der Waals surface area contributed by atoms with E-state index in [1.807, 2.05) is 0 Å². The fraction of sp³-hybridized carbons (Fsp3) is 1.00. The van der Waals surface area contributed by atoms with Gasteiger partial charge < -0.3 is 0 Å². The first-order chi connectivity index (χ1) is 5.96. The Morgan fingerprint density at radius 3 is 2.00 bits per heavy atom. The molecule has 0 radical (unpaired) electrons. The van der Waals surface area contributed by atoms with E-state index in [1.54, 1.807) is 0 Å². The van der Waals surface area contributed by atoms with Gasteiger partial charge in [-0.3, -0.25) is 4.90 Å². The molecule has 0 aromatic carbocycles. The summed E-state index contributed by atoms with van der Waals surface area (Å²) in [4.78, 5) is 2.64. The highest BCUT2D eigenvalue weighted by molar-refractivity contribution is 5.05. The Morgan fingerprint density at radius 2 is 1.69 bits per heavy atom. The first-order valence-corrected chi connectivity index (χ1v) is 5.67. The molecule has 2 heterocycles. The summed E-state index contributed by atoms with van der Waals surface area (Å²) in [5, 5.41) is 0. The molecular formula is C12H23N. The summed E-state index contributed by atoms with van der Waals surface area (Å²) in [5.41, 5.74) is 0.967. The molecule has 2 saturated heterocycles. The second-order valence-corrected chi connectivity index (χ2v) is 6.11. The van der Waals surface area contributed by atoms with Gasteiger partial charge in [-0.05, 0) is 44.1 Å². The van der Waals surface area contributed by atoms with Gasteiger partial charge in [0.1, 0.15) is 0 Å². The molecule has 1 nitrogen and oxygen atoms in total. The van der Waals surface area contributed by atoms with Crippen molar-refractivity contribution in [3.8, 4) is 0 Å². The predicted molar refractivity (Wildman–Crippen MR) is 56.8 cm³/mol. The Bertz CT molecular complexity index is 194. The smallest absolute Gasteiger partial charge is 0.0255 e. The van der Waals surface area contributed by atoms with Gasteiger partial charge in [0.15, 0.2) is 0 Å². The minimum Gasteiger partial charge on any atom is -0.300 e. The molecule has 3 rings (SSSR count). The molecule has 2 aliphatic heterocycles. The Kier molecular flexibility index (Phi) is 1.99. The van der Waals surface area contributed by atoms with Gasteiger partial charge in [0.2, 0.25) is 0 Å². The molecule has 0 unspecified atom stereocenters. The number of hydrogen-bond acceptors (Lipinski definition) is 1. The molecule has 1 aliphatic carbocycles. The fourth-order valence-corrected chi connectivity index (χ4v) is 3.60. The van der Waals surface area contributed by atoms with Crippen LogP contribution in [0.4, 0.5) is 0 Å². The molecule has 2 bridgehead atoms. The van der Waals surface area contributed by atoms with Crippen molar-refractivity contribution in [1.82, 2.24) is 4.90 Å². The maximum absolute atomic E-state index is 2.64. The quantitative estimate of drug-likeness (QED) is 0.555. The van der Waals surface area contributed by atoms with Gasteiger partial charge >= 0.3 is 0 Å². The number of hydrogen-bond donors (Lipinski definition) is 0. The molecule has 0 aromatic heterocycles. The van der Waals surface area contributed by atoms with Gasteiger partial charge in [-0.25, -0.2) is 0 Å². The Morgan fingerprint density at radius 1 is 1.15 bits per heavy atom. The monoisotopic (exact) mass is 181 g/mol.